The number of carbonyl (C=O) groups excluding carboxylic acids is 2. The lowest BCUT2D eigenvalue weighted by Gasteiger charge is -2.23. The Bertz CT molecular complexity index is 1270. The van der Waals surface area contributed by atoms with Gasteiger partial charge in [0, 0.05) is 5.56 Å². The first-order valence-electron chi connectivity index (χ1n) is 9.26. The summed E-state index contributed by atoms with van der Waals surface area (Å²) >= 11 is 1.07. The number of sulfonamides is 1. The summed E-state index contributed by atoms with van der Waals surface area (Å²) in [4.78, 5) is 24.8. The molecule has 0 radical (unpaired) electrons. The fourth-order valence-corrected chi connectivity index (χ4v) is 5.57. The summed E-state index contributed by atoms with van der Waals surface area (Å²) in [5, 5.41) is 8.25. The Morgan fingerprint density at radius 2 is 1.84 bits per heavy atom. The van der Waals surface area contributed by atoms with Crippen molar-refractivity contribution in [2.75, 3.05) is 16.2 Å². The van der Waals surface area contributed by atoms with Gasteiger partial charge in [0.2, 0.25) is 0 Å². The maximum absolute atomic E-state index is 13.1. The zero-order chi connectivity index (χ0) is 22.0. The van der Waals surface area contributed by atoms with Crippen LogP contribution in [-0.2, 0) is 19.6 Å². The van der Waals surface area contributed by atoms with Crippen molar-refractivity contribution < 1.29 is 18.0 Å². The molecule has 0 saturated carbocycles. The first-order valence-corrected chi connectivity index (χ1v) is 11.6. The molecule has 1 aliphatic heterocycles. The van der Waals surface area contributed by atoms with E-state index in [1.54, 1.807) is 60.0 Å². The average Bonchev–Trinajstić information content (AvgIpc) is 3.39. The predicted molar refractivity (Wildman–Crippen MR) is 120 cm³/mol. The molecular formula is C21H18N4O4S2. The molecule has 0 bridgehead atoms. The molecule has 2 heterocycles. The summed E-state index contributed by atoms with van der Waals surface area (Å²) < 4.78 is 27.4. The quantitative estimate of drug-likeness (QED) is 0.558. The van der Waals surface area contributed by atoms with Crippen LogP contribution >= 0.6 is 11.3 Å². The molecule has 10 heteroatoms. The van der Waals surface area contributed by atoms with Crippen LogP contribution in [0, 0.1) is 6.92 Å². The smallest absolute Gasteiger partial charge is 0.276 e. The summed E-state index contributed by atoms with van der Waals surface area (Å²) in [6, 6.07) is 16.9. The summed E-state index contributed by atoms with van der Waals surface area (Å²) in [5.41, 5.74) is 4.85. The van der Waals surface area contributed by atoms with Gasteiger partial charge in [-0.15, -0.1) is 11.3 Å². The Morgan fingerprint density at radius 3 is 2.55 bits per heavy atom. The number of amides is 2. The second-order valence-electron chi connectivity index (χ2n) is 6.77. The number of hydrazone groups is 1. The molecule has 3 aromatic rings. The van der Waals surface area contributed by atoms with Gasteiger partial charge in [0.1, 0.15) is 10.8 Å². The summed E-state index contributed by atoms with van der Waals surface area (Å²) in [7, 11) is -3.95. The molecule has 0 saturated heterocycles. The number of fused-ring (bicyclic) bond motifs is 1. The molecule has 0 fully saturated rings. The van der Waals surface area contributed by atoms with Crippen LogP contribution in [0.1, 0.15) is 11.1 Å². The van der Waals surface area contributed by atoms with Gasteiger partial charge in [-0.1, -0.05) is 42.0 Å². The minimum absolute atomic E-state index is 0.0620. The van der Waals surface area contributed by atoms with Gasteiger partial charge in [0.15, 0.2) is 5.71 Å². The van der Waals surface area contributed by atoms with Crippen LogP contribution in [0.25, 0.3) is 0 Å². The number of rotatable bonds is 6. The Hall–Kier alpha value is -3.50. The van der Waals surface area contributed by atoms with Crippen molar-refractivity contribution in [3.05, 3.63) is 77.2 Å². The molecule has 8 nitrogen and oxygen atoms in total. The molecular weight excluding hydrogens is 436 g/mol. The average molecular weight is 455 g/mol. The fourth-order valence-electron chi connectivity index (χ4n) is 3.04. The molecule has 4 rings (SSSR count). The number of anilines is 2. The highest BCUT2D eigenvalue weighted by Crippen LogP contribution is 2.27. The van der Waals surface area contributed by atoms with Gasteiger partial charge >= 0.3 is 0 Å². The van der Waals surface area contributed by atoms with Crippen LogP contribution in [0.3, 0.4) is 0 Å². The van der Waals surface area contributed by atoms with E-state index in [4.69, 9.17) is 0 Å². The van der Waals surface area contributed by atoms with Gasteiger partial charge in [0.05, 0.1) is 11.4 Å². The molecule has 2 aromatic carbocycles. The van der Waals surface area contributed by atoms with Gasteiger partial charge < -0.3 is 5.32 Å². The number of hydrogen-bond acceptors (Lipinski definition) is 6. The van der Waals surface area contributed by atoms with Gasteiger partial charge in [-0.3, -0.25) is 13.9 Å². The van der Waals surface area contributed by atoms with Gasteiger partial charge in [-0.25, -0.2) is 13.8 Å². The zero-order valence-corrected chi connectivity index (χ0v) is 18.0. The highest BCUT2D eigenvalue weighted by atomic mass is 32.2. The van der Waals surface area contributed by atoms with Gasteiger partial charge in [-0.05, 0) is 36.6 Å². The fraction of sp³-hybridized carbons (Fsp3) is 0.0952. The predicted octanol–water partition coefficient (Wildman–Crippen LogP) is 2.72. The summed E-state index contributed by atoms with van der Waals surface area (Å²) in [6.45, 7) is 1.39. The van der Waals surface area contributed by atoms with Crippen molar-refractivity contribution in [3.63, 3.8) is 0 Å². The lowest BCUT2D eigenvalue weighted by molar-refractivity contribution is -0.119. The maximum atomic E-state index is 13.1. The van der Waals surface area contributed by atoms with Crippen LogP contribution < -0.4 is 15.0 Å². The number of aryl methyl sites for hydroxylation is 1. The first-order chi connectivity index (χ1) is 14.9. The van der Waals surface area contributed by atoms with E-state index in [1.807, 2.05) is 6.92 Å². The van der Waals surface area contributed by atoms with Crippen molar-refractivity contribution in [1.29, 1.82) is 0 Å². The number of nitrogens with zero attached hydrogens (tertiary/aromatic N) is 2. The molecule has 0 unspecified atom stereocenters. The van der Waals surface area contributed by atoms with Crippen molar-refractivity contribution in [2.24, 2.45) is 5.10 Å². The van der Waals surface area contributed by atoms with E-state index in [-0.39, 0.29) is 9.92 Å². The highest BCUT2D eigenvalue weighted by molar-refractivity contribution is 7.94. The van der Waals surface area contributed by atoms with Crippen LogP contribution in [0.15, 0.2) is 75.4 Å². The topological polar surface area (TPSA) is 108 Å². The molecule has 0 atom stereocenters. The van der Waals surface area contributed by atoms with E-state index in [0.717, 1.165) is 21.2 Å². The van der Waals surface area contributed by atoms with Crippen LogP contribution in [0.2, 0.25) is 0 Å². The monoisotopic (exact) mass is 454 g/mol. The Balaban J connectivity index is 1.60. The van der Waals surface area contributed by atoms with E-state index in [1.165, 1.54) is 6.07 Å². The second-order valence-corrected chi connectivity index (χ2v) is 9.81. The lowest BCUT2D eigenvalue weighted by Crippen LogP contribution is -2.39. The van der Waals surface area contributed by atoms with Crippen LogP contribution in [0.5, 0.6) is 0 Å². The molecule has 2 N–H and O–H groups in total. The minimum Gasteiger partial charge on any atom is -0.320 e. The van der Waals surface area contributed by atoms with Gasteiger partial charge in [0.25, 0.3) is 21.8 Å². The third-order valence-electron chi connectivity index (χ3n) is 4.59. The number of thiophene rings is 1. The molecule has 31 heavy (non-hydrogen) atoms. The van der Waals surface area contributed by atoms with Gasteiger partial charge in [-0.2, -0.15) is 5.10 Å². The molecule has 2 amide bonds. The number of para-hydroxylation sites is 1. The Morgan fingerprint density at radius 1 is 1.10 bits per heavy atom. The Labute approximate surface area is 183 Å². The molecule has 0 spiro atoms. The number of hydrogen-bond donors (Lipinski definition) is 2. The number of benzene rings is 2. The summed E-state index contributed by atoms with van der Waals surface area (Å²) in [6.07, 6.45) is 0. The number of nitrogens with one attached hydrogen (secondary N) is 2. The second kappa shape index (κ2) is 8.32. The largest absolute Gasteiger partial charge is 0.320 e. The van der Waals surface area contributed by atoms with Crippen molar-refractivity contribution in [1.82, 2.24) is 5.43 Å². The van der Waals surface area contributed by atoms with E-state index < -0.39 is 28.4 Å². The molecule has 158 valence electrons. The molecule has 0 aliphatic carbocycles. The molecule has 1 aliphatic rings. The maximum Gasteiger partial charge on any atom is 0.276 e. The summed E-state index contributed by atoms with van der Waals surface area (Å²) in [5.74, 6) is -1.12. The highest BCUT2D eigenvalue weighted by Gasteiger charge is 2.29. The standard InChI is InChI=1S/C21H18N4O4S2/c1-14-8-10-15(11-9-14)25(31(28,29)19-7-4-12-30-19)13-18(26)23-24-20-16-5-2-3-6-17(16)22-21(20)27/h2-12H,13H2,1H3,(H,23,26)(H,22,24,27). The zero-order valence-electron chi connectivity index (χ0n) is 16.4. The van der Waals surface area contributed by atoms with E-state index in [2.05, 4.69) is 15.8 Å². The third kappa shape index (κ3) is 4.21. The number of carbonyl (C=O) groups is 2. The van der Waals surface area contributed by atoms with E-state index in [9.17, 15) is 18.0 Å². The van der Waals surface area contributed by atoms with Crippen molar-refractivity contribution in [2.45, 2.75) is 11.1 Å². The minimum atomic E-state index is -3.95. The van der Waals surface area contributed by atoms with Crippen molar-refractivity contribution in [3.8, 4) is 0 Å². The normalized spacial score (nSPS) is 14.2. The van der Waals surface area contributed by atoms with Crippen LogP contribution in [0.4, 0.5) is 11.4 Å². The first kappa shape index (κ1) is 20.8. The third-order valence-corrected chi connectivity index (χ3v) is 7.73. The van der Waals surface area contributed by atoms with Crippen molar-refractivity contribution >= 4 is 50.3 Å². The van der Waals surface area contributed by atoms with E-state index >= 15 is 0 Å². The lowest BCUT2D eigenvalue weighted by atomic mass is 10.1. The SMILES string of the molecule is Cc1ccc(N(CC(=O)N/N=C2\C(=O)Nc3ccccc32)S(=O)(=O)c2cccs2)cc1. The van der Waals surface area contributed by atoms with E-state index in [0.29, 0.717) is 16.9 Å². The molecule has 1 aromatic heterocycles. The van der Waals surface area contributed by atoms with Crippen LogP contribution in [-0.4, -0.2) is 32.5 Å². The Kier molecular flexibility index (Phi) is 5.57.